The van der Waals surface area contributed by atoms with E-state index in [1.807, 2.05) is 6.07 Å². The third-order valence-electron chi connectivity index (χ3n) is 2.29. The number of carbonyl (C=O) groups is 2. The molecule has 0 atom stereocenters. The molecule has 1 aromatic carbocycles. The van der Waals surface area contributed by atoms with Crippen molar-refractivity contribution in [3.05, 3.63) is 35.9 Å². The lowest BCUT2D eigenvalue weighted by atomic mass is 10.2. The molecule has 0 saturated heterocycles. The van der Waals surface area contributed by atoms with Gasteiger partial charge in [0, 0.05) is 6.04 Å². The van der Waals surface area contributed by atoms with Gasteiger partial charge in [-0.1, -0.05) is 18.2 Å². The van der Waals surface area contributed by atoms with Crippen LogP contribution in [-0.4, -0.2) is 24.5 Å². The van der Waals surface area contributed by atoms with E-state index in [1.165, 1.54) is 0 Å². The lowest BCUT2D eigenvalue weighted by molar-refractivity contribution is -0.124. The largest absolute Gasteiger partial charge is 0.452 e. The summed E-state index contributed by atoms with van der Waals surface area (Å²) in [7, 11) is 0. The summed E-state index contributed by atoms with van der Waals surface area (Å²) in [6, 6.07) is 8.92. The molecule has 0 unspecified atom stereocenters. The Balaban J connectivity index is 1.77. The van der Waals surface area contributed by atoms with E-state index in [-0.39, 0.29) is 12.5 Å². The van der Waals surface area contributed by atoms with Gasteiger partial charge in [-0.2, -0.15) is 0 Å². The molecule has 4 heteroatoms. The first kappa shape index (κ1) is 10.7. The summed E-state index contributed by atoms with van der Waals surface area (Å²) in [4.78, 5) is 22.7. The molecule has 1 aliphatic carbocycles. The van der Waals surface area contributed by atoms with Crippen molar-refractivity contribution in [3.63, 3.8) is 0 Å². The summed E-state index contributed by atoms with van der Waals surface area (Å²) in [6.07, 6.45) is 2.05. The molecule has 0 radical (unpaired) electrons. The lowest BCUT2D eigenvalue weighted by Crippen LogP contribution is -2.30. The third-order valence-corrected chi connectivity index (χ3v) is 2.29. The van der Waals surface area contributed by atoms with Gasteiger partial charge in [-0.15, -0.1) is 0 Å². The molecular formula is C12H13NO3. The molecule has 4 nitrogen and oxygen atoms in total. The molecule has 1 saturated carbocycles. The maximum Gasteiger partial charge on any atom is 0.338 e. The predicted molar refractivity (Wildman–Crippen MR) is 57.9 cm³/mol. The molecule has 1 amide bonds. The Kier molecular flexibility index (Phi) is 3.19. The van der Waals surface area contributed by atoms with Crippen LogP contribution in [-0.2, 0) is 9.53 Å². The second-order valence-corrected chi connectivity index (χ2v) is 3.78. The molecule has 84 valence electrons. The Morgan fingerprint density at radius 2 is 1.94 bits per heavy atom. The summed E-state index contributed by atoms with van der Waals surface area (Å²) < 4.78 is 4.87. The average molecular weight is 219 g/mol. The second kappa shape index (κ2) is 4.79. The Labute approximate surface area is 93.6 Å². The lowest BCUT2D eigenvalue weighted by Gasteiger charge is -2.05. The number of hydrogen-bond acceptors (Lipinski definition) is 3. The zero-order valence-corrected chi connectivity index (χ0v) is 8.81. The highest BCUT2D eigenvalue weighted by molar-refractivity contribution is 5.91. The summed E-state index contributed by atoms with van der Waals surface area (Å²) in [5.74, 6) is -0.696. The van der Waals surface area contributed by atoms with E-state index in [2.05, 4.69) is 5.32 Å². The topological polar surface area (TPSA) is 55.4 Å². The molecule has 0 heterocycles. The van der Waals surface area contributed by atoms with Crippen LogP contribution < -0.4 is 5.32 Å². The van der Waals surface area contributed by atoms with Gasteiger partial charge in [0.25, 0.3) is 5.91 Å². The van der Waals surface area contributed by atoms with Crippen LogP contribution >= 0.6 is 0 Å². The fourth-order valence-corrected chi connectivity index (χ4v) is 1.29. The highest BCUT2D eigenvalue weighted by Gasteiger charge is 2.23. The van der Waals surface area contributed by atoms with Crippen molar-refractivity contribution in [2.24, 2.45) is 0 Å². The summed E-state index contributed by atoms with van der Waals surface area (Å²) in [5, 5.41) is 2.74. The van der Waals surface area contributed by atoms with Gasteiger partial charge in [0.05, 0.1) is 5.56 Å². The molecule has 1 aliphatic rings. The Morgan fingerprint density at radius 3 is 2.56 bits per heavy atom. The zero-order valence-electron chi connectivity index (χ0n) is 8.81. The number of rotatable bonds is 4. The Hall–Kier alpha value is -1.84. The van der Waals surface area contributed by atoms with Gasteiger partial charge in [0.1, 0.15) is 0 Å². The van der Waals surface area contributed by atoms with Gasteiger partial charge in [0.15, 0.2) is 6.61 Å². The average Bonchev–Trinajstić information content (AvgIpc) is 3.11. The van der Waals surface area contributed by atoms with Crippen molar-refractivity contribution in [2.75, 3.05) is 6.61 Å². The van der Waals surface area contributed by atoms with Gasteiger partial charge in [0.2, 0.25) is 0 Å². The van der Waals surface area contributed by atoms with Crippen molar-refractivity contribution in [2.45, 2.75) is 18.9 Å². The van der Waals surface area contributed by atoms with Crippen molar-refractivity contribution >= 4 is 11.9 Å². The molecule has 0 spiro atoms. The van der Waals surface area contributed by atoms with Gasteiger partial charge >= 0.3 is 5.97 Å². The first-order valence-electron chi connectivity index (χ1n) is 5.27. The summed E-state index contributed by atoms with van der Waals surface area (Å²) >= 11 is 0. The molecule has 2 rings (SSSR count). The fraction of sp³-hybridized carbons (Fsp3) is 0.333. The molecule has 0 aromatic heterocycles. The zero-order chi connectivity index (χ0) is 11.4. The van der Waals surface area contributed by atoms with Gasteiger partial charge in [-0.3, -0.25) is 4.79 Å². The maximum absolute atomic E-state index is 11.4. The SMILES string of the molecule is O=C(COC(=O)c1ccccc1)NC1CC1. The van der Waals surface area contributed by atoms with E-state index in [4.69, 9.17) is 4.74 Å². The Morgan fingerprint density at radius 1 is 1.25 bits per heavy atom. The van der Waals surface area contributed by atoms with Crippen molar-refractivity contribution < 1.29 is 14.3 Å². The van der Waals surface area contributed by atoms with Crippen LogP contribution in [0.1, 0.15) is 23.2 Å². The molecule has 1 N–H and O–H groups in total. The number of amides is 1. The van der Waals surface area contributed by atoms with Gasteiger partial charge in [-0.25, -0.2) is 4.79 Å². The van der Waals surface area contributed by atoms with Crippen molar-refractivity contribution in [3.8, 4) is 0 Å². The minimum absolute atomic E-state index is 0.204. The third kappa shape index (κ3) is 3.08. The van der Waals surface area contributed by atoms with E-state index in [0.29, 0.717) is 11.6 Å². The minimum atomic E-state index is -0.466. The van der Waals surface area contributed by atoms with Gasteiger partial charge < -0.3 is 10.1 Å². The highest BCUT2D eigenvalue weighted by atomic mass is 16.5. The number of benzene rings is 1. The number of hydrogen-bond donors (Lipinski definition) is 1. The van der Waals surface area contributed by atoms with E-state index in [1.54, 1.807) is 24.3 Å². The normalized spacial score (nSPS) is 14.2. The van der Waals surface area contributed by atoms with E-state index >= 15 is 0 Å². The van der Waals surface area contributed by atoms with Crippen LogP contribution in [0.3, 0.4) is 0 Å². The van der Waals surface area contributed by atoms with Crippen LogP contribution in [0.15, 0.2) is 30.3 Å². The Bertz CT molecular complexity index is 385. The van der Waals surface area contributed by atoms with Crippen molar-refractivity contribution in [1.29, 1.82) is 0 Å². The van der Waals surface area contributed by atoms with E-state index < -0.39 is 5.97 Å². The standard InChI is InChI=1S/C12H13NO3/c14-11(13-10-6-7-10)8-16-12(15)9-4-2-1-3-5-9/h1-5,10H,6-8H2,(H,13,14). The van der Waals surface area contributed by atoms with Gasteiger partial charge in [-0.05, 0) is 25.0 Å². The van der Waals surface area contributed by atoms with E-state index in [9.17, 15) is 9.59 Å². The number of carbonyl (C=O) groups excluding carboxylic acids is 2. The van der Waals surface area contributed by atoms with Crippen LogP contribution in [0, 0.1) is 0 Å². The van der Waals surface area contributed by atoms with Crippen LogP contribution in [0.2, 0.25) is 0 Å². The van der Waals surface area contributed by atoms with Crippen molar-refractivity contribution in [1.82, 2.24) is 5.32 Å². The minimum Gasteiger partial charge on any atom is -0.452 e. The van der Waals surface area contributed by atoms with Crippen LogP contribution in [0.5, 0.6) is 0 Å². The molecular weight excluding hydrogens is 206 g/mol. The first-order chi connectivity index (χ1) is 7.75. The first-order valence-corrected chi connectivity index (χ1v) is 5.27. The number of nitrogens with one attached hydrogen (secondary N) is 1. The molecule has 16 heavy (non-hydrogen) atoms. The smallest absolute Gasteiger partial charge is 0.338 e. The van der Waals surface area contributed by atoms with Crippen LogP contribution in [0.25, 0.3) is 0 Å². The predicted octanol–water partition coefficient (Wildman–Crippen LogP) is 1.12. The van der Waals surface area contributed by atoms with E-state index in [0.717, 1.165) is 12.8 Å². The molecule has 1 aromatic rings. The maximum atomic E-state index is 11.4. The monoisotopic (exact) mass is 219 g/mol. The second-order valence-electron chi connectivity index (χ2n) is 3.78. The molecule has 1 fully saturated rings. The summed E-state index contributed by atoms with van der Waals surface area (Å²) in [6.45, 7) is -0.204. The number of ether oxygens (including phenoxy) is 1. The quantitative estimate of drug-likeness (QED) is 0.772. The molecule has 0 bridgehead atoms. The number of esters is 1. The van der Waals surface area contributed by atoms with Crippen LogP contribution in [0.4, 0.5) is 0 Å². The molecule has 0 aliphatic heterocycles. The highest BCUT2D eigenvalue weighted by Crippen LogP contribution is 2.18. The fourth-order valence-electron chi connectivity index (χ4n) is 1.29. The summed E-state index contributed by atoms with van der Waals surface area (Å²) in [5.41, 5.74) is 0.460.